The van der Waals surface area contributed by atoms with Crippen LogP contribution >= 0.6 is 0 Å². The summed E-state index contributed by atoms with van der Waals surface area (Å²) in [6, 6.07) is 14.7. The predicted molar refractivity (Wildman–Crippen MR) is 86.9 cm³/mol. The minimum atomic E-state index is -0.375. The van der Waals surface area contributed by atoms with E-state index in [4.69, 9.17) is 9.47 Å². The van der Waals surface area contributed by atoms with Gasteiger partial charge in [0.15, 0.2) is 0 Å². The average molecular weight is 312 g/mol. The Kier molecular flexibility index (Phi) is 5.52. The fourth-order valence-electron chi connectivity index (χ4n) is 2.21. The Morgan fingerprint density at radius 1 is 1.04 bits per heavy atom. The molecule has 0 radical (unpaired) electrons. The first-order valence-corrected chi connectivity index (χ1v) is 7.46. The number of aryl methyl sites for hydroxylation is 1. The largest absolute Gasteiger partial charge is 0.458 e. The summed E-state index contributed by atoms with van der Waals surface area (Å²) in [6.45, 7) is 5.38. The van der Waals surface area contributed by atoms with E-state index in [-0.39, 0.29) is 24.6 Å². The van der Waals surface area contributed by atoms with E-state index in [1.165, 1.54) is 6.92 Å². The monoisotopic (exact) mass is 312 g/mol. The molecule has 2 aromatic rings. The summed E-state index contributed by atoms with van der Waals surface area (Å²) < 4.78 is 10.4. The number of benzene rings is 2. The topological polar surface area (TPSA) is 52.6 Å². The molecule has 0 aromatic heterocycles. The molecule has 0 aliphatic carbocycles. The maximum absolute atomic E-state index is 12.1. The smallest absolute Gasteiger partial charge is 0.338 e. The molecule has 23 heavy (non-hydrogen) atoms. The van der Waals surface area contributed by atoms with Gasteiger partial charge in [0.1, 0.15) is 12.7 Å². The summed E-state index contributed by atoms with van der Waals surface area (Å²) in [4.78, 5) is 23.0. The summed E-state index contributed by atoms with van der Waals surface area (Å²) >= 11 is 0. The predicted octanol–water partition coefficient (Wildman–Crippen LogP) is 3.98. The molecule has 4 heteroatoms. The quantitative estimate of drug-likeness (QED) is 0.784. The zero-order valence-electron chi connectivity index (χ0n) is 13.5. The fourth-order valence-corrected chi connectivity index (χ4v) is 2.21. The molecule has 1 unspecified atom stereocenters. The number of esters is 2. The molecule has 0 spiro atoms. The van der Waals surface area contributed by atoms with E-state index in [2.05, 4.69) is 0 Å². The molecule has 0 amide bonds. The van der Waals surface area contributed by atoms with Gasteiger partial charge in [-0.2, -0.15) is 0 Å². The van der Waals surface area contributed by atoms with E-state index in [0.29, 0.717) is 5.56 Å². The van der Waals surface area contributed by atoms with Crippen molar-refractivity contribution in [1.82, 2.24) is 0 Å². The molecule has 120 valence electrons. The van der Waals surface area contributed by atoms with Gasteiger partial charge in [-0.25, -0.2) is 4.79 Å². The molecule has 2 rings (SSSR count). The second-order valence-electron chi connectivity index (χ2n) is 5.38. The minimum Gasteiger partial charge on any atom is -0.458 e. The number of rotatable bonds is 5. The maximum atomic E-state index is 12.1. The van der Waals surface area contributed by atoms with Gasteiger partial charge >= 0.3 is 11.9 Å². The number of hydrogen-bond donors (Lipinski definition) is 0. The second-order valence-corrected chi connectivity index (χ2v) is 5.38. The molecule has 0 aliphatic rings. The lowest BCUT2D eigenvalue weighted by Crippen LogP contribution is -2.08. The molecule has 2 aromatic carbocycles. The van der Waals surface area contributed by atoms with E-state index in [0.717, 1.165) is 16.7 Å². The van der Waals surface area contributed by atoms with Gasteiger partial charge in [-0.15, -0.1) is 0 Å². The molecular formula is C19H20O4. The van der Waals surface area contributed by atoms with Crippen molar-refractivity contribution in [3.63, 3.8) is 0 Å². The zero-order valence-corrected chi connectivity index (χ0v) is 13.5. The van der Waals surface area contributed by atoms with Gasteiger partial charge in [-0.3, -0.25) is 4.79 Å². The summed E-state index contributed by atoms with van der Waals surface area (Å²) in [5.41, 5.74) is 3.37. The standard InChI is InChI=1S/C19H20O4/c1-13-6-4-5-7-18(13)12-22-19(21)17-10-8-16(9-11-17)14(2)23-15(3)20/h4-11,14H,12H2,1-3H3. The van der Waals surface area contributed by atoms with Crippen molar-refractivity contribution in [2.75, 3.05) is 0 Å². The zero-order chi connectivity index (χ0) is 16.8. The van der Waals surface area contributed by atoms with Crippen LogP contribution < -0.4 is 0 Å². The molecule has 4 nitrogen and oxygen atoms in total. The Morgan fingerprint density at radius 3 is 2.30 bits per heavy atom. The van der Waals surface area contributed by atoms with Crippen molar-refractivity contribution in [3.05, 3.63) is 70.8 Å². The Labute approximate surface area is 136 Å². The molecule has 0 bridgehead atoms. The SMILES string of the molecule is CC(=O)OC(C)c1ccc(C(=O)OCc2ccccc2C)cc1. The van der Waals surface area contributed by atoms with E-state index < -0.39 is 0 Å². The summed E-state index contributed by atoms with van der Waals surface area (Å²) in [5, 5.41) is 0. The third-order valence-electron chi connectivity index (χ3n) is 3.58. The average Bonchev–Trinajstić information content (AvgIpc) is 2.53. The van der Waals surface area contributed by atoms with Crippen LogP contribution in [0.25, 0.3) is 0 Å². The summed E-state index contributed by atoms with van der Waals surface area (Å²) in [5.74, 6) is -0.709. The van der Waals surface area contributed by atoms with Gasteiger partial charge in [0.05, 0.1) is 5.56 Å². The van der Waals surface area contributed by atoms with Crippen LogP contribution in [-0.4, -0.2) is 11.9 Å². The van der Waals surface area contributed by atoms with Gasteiger partial charge in [0, 0.05) is 6.92 Å². The van der Waals surface area contributed by atoms with Crippen molar-refractivity contribution in [1.29, 1.82) is 0 Å². The highest BCUT2D eigenvalue weighted by atomic mass is 16.5. The van der Waals surface area contributed by atoms with Crippen LogP contribution in [0.2, 0.25) is 0 Å². The fraction of sp³-hybridized carbons (Fsp3) is 0.263. The highest BCUT2D eigenvalue weighted by molar-refractivity contribution is 5.89. The Morgan fingerprint density at radius 2 is 1.70 bits per heavy atom. The normalized spacial score (nSPS) is 11.6. The van der Waals surface area contributed by atoms with Gasteiger partial charge in [0.2, 0.25) is 0 Å². The van der Waals surface area contributed by atoms with E-state index >= 15 is 0 Å². The molecule has 0 N–H and O–H groups in total. The molecule has 0 aliphatic heterocycles. The van der Waals surface area contributed by atoms with Crippen molar-refractivity contribution in [2.45, 2.75) is 33.5 Å². The van der Waals surface area contributed by atoms with Crippen molar-refractivity contribution >= 4 is 11.9 Å². The highest BCUT2D eigenvalue weighted by Crippen LogP contribution is 2.18. The maximum Gasteiger partial charge on any atom is 0.338 e. The van der Waals surface area contributed by atoms with Crippen molar-refractivity contribution in [2.24, 2.45) is 0 Å². The molecule has 0 saturated carbocycles. The third-order valence-corrected chi connectivity index (χ3v) is 3.58. The lowest BCUT2D eigenvalue weighted by molar-refractivity contribution is -0.145. The van der Waals surface area contributed by atoms with Gasteiger partial charge in [0.25, 0.3) is 0 Å². The summed E-state index contributed by atoms with van der Waals surface area (Å²) in [7, 11) is 0. The van der Waals surface area contributed by atoms with Gasteiger partial charge < -0.3 is 9.47 Å². The van der Waals surface area contributed by atoms with E-state index in [9.17, 15) is 9.59 Å². The van der Waals surface area contributed by atoms with Crippen LogP contribution in [0.5, 0.6) is 0 Å². The van der Waals surface area contributed by atoms with E-state index in [1.807, 2.05) is 31.2 Å². The molecular weight excluding hydrogens is 292 g/mol. The number of hydrogen-bond acceptors (Lipinski definition) is 4. The lowest BCUT2D eigenvalue weighted by atomic mass is 10.1. The van der Waals surface area contributed by atoms with Crippen LogP contribution in [0.1, 0.15) is 47.0 Å². The first-order chi connectivity index (χ1) is 11.0. The van der Waals surface area contributed by atoms with Gasteiger partial charge in [-0.05, 0) is 42.7 Å². The molecule has 0 fully saturated rings. The second kappa shape index (κ2) is 7.58. The summed E-state index contributed by atoms with van der Waals surface area (Å²) in [6.07, 6.45) is -0.343. The Bertz CT molecular complexity index is 689. The first kappa shape index (κ1) is 16.7. The van der Waals surface area contributed by atoms with Crippen molar-refractivity contribution in [3.8, 4) is 0 Å². The van der Waals surface area contributed by atoms with Gasteiger partial charge in [-0.1, -0.05) is 36.4 Å². The van der Waals surface area contributed by atoms with Crippen LogP contribution in [-0.2, 0) is 20.9 Å². The first-order valence-electron chi connectivity index (χ1n) is 7.46. The molecule has 0 heterocycles. The third kappa shape index (κ3) is 4.68. The van der Waals surface area contributed by atoms with Crippen molar-refractivity contribution < 1.29 is 19.1 Å². The number of carbonyl (C=O) groups is 2. The highest BCUT2D eigenvalue weighted by Gasteiger charge is 2.12. The van der Waals surface area contributed by atoms with Crippen LogP contribution in [0, 0.1) is 6.92 Å². The van der Waals surface area contributed by atoms with Crippen LogP contribution in [0.3, 0.4) is 0 Å². The van der Waals surface area contributed by atoms with Crippen LogP contribution in [0.4, 0.5) is 0 Å². The molecule has 1 atom stereocenters. The molecule has 0 saturated heterocycles. The minimum absolute atomic E-state index is 0.247. The van der Waals surface area contributed by atoms with E-state index in [1.54, 1.807) is 31.2 Å². The number of carbonyl (C=O) groups excluding carboxylic acids is 2. The lowest BCUT2D eigenvalue weighted by Gasteiger charge is -2.12. The Hall–Kier alpha value is -2.62. The van der Waals surface area contributed by atoms with Crippen LogP contribution in [0.15, 0.2) is 48.5 Å². The number of ether oxygens (including phenoxy) is 2. The Balaban J connectivity index is 1.97.